The second-order valence-electron chi connectivity index (χ2n) is 3.19. The molecule has 0 spiro atoms. The second-order valence-corrected chi connectivity index (χ2v) is 3.60. The van der Waals surface area contributed by atoms with E-state index in [2.05, 4.69) is 10.6 Å². The van der Waals surface area contributed by atoms with Crippen LogP contribution in [0.15, 0.2) is 24.3 Å². The summed E-state index contributed by atoms with van der Waals surface area (Å²) in [6.45, 7) is 1.60. The first-order chi connectivity index (χ1) is 7.74. The molecule has 0 heterocycles. The minimum atomic E-state index is -0.227. The number of benzene rings is 1. The zero-order chi connectivity index (χ0) is 11.8. The Morgan fingerprint density at radius 1 is 1.38 bits per heavy atom. The minimum absolute atomic E-state index is 0.227. The number of halogens is 1. The van der Waals surface area contributed by atoms with Crippen LogP contribution in [0.5, 0.6) is 0 Å². The van der Waals surface area contributed by atoms with E-state index in [1.807, 2.05) is 0 Å². The lowest BCUT2D eigenvalue weighted by Crippen LogP contribution is -2.36. The van der Waals surface area contributed by atoms with Gasteiger partial charge in [0.2, 0.25) is 0 Å². The zero-order valence-corrected chi connectivity index (χ0v) is 9.94. The van der Waals surface area contributed by atoms with Gasteiger partial charge in [-0.05, 0) is 18.3 Å². The zero-order valence-electron chi connectivity index (χ0n) is 9.13. The second kappa shape index (κ2) is 7.14. The van der Waals surface area contributed by atoms with Crippen LogP contribution in [0.25, 0.3) is 0 Å². The van der Waals surface area contributed by atoms with Gasteiger partial charge in [-0.1, -0.05) is 18.2 Å². The SMILES string of the molecule is COCCNC(=S)NCc1ccccc1F. The average Bonchev–Trinajstić information content (AvgIpc) is 2.28. The van der Waals surface area contributed by atoms with Crippen LogP contribution in [0.4, 0.5) is 4.39 Å². The van der Waals surface area contributed by atoms with Crippen LogP contribution in [-0.2, 0) is 11.3 Å². The number of hydrogen-bond acceptors (Lipinski definition) is 2. The van der Waals surface area contributed by atoms with Crippen molar-refractivity contribution in [2.24, 2.45) is 0 Å². The maximum absolute atomic E-state index is 13.2. The van der Waals surface area contributed by atoms with Gasteiger partial charge >= 0.3 is 0 Å². The molecule has 0 aromatic heterocycles. The molecule has 5 heteroatoms. The van der Waals surface area contributed by atoms with Gasteiger partial charge in [0.25, 0.3) is 0 Å². The Balaban J connectivity index is 2.29. The summed E-state index contributed by atoms with van der Waals surface area (Å²) in [6.07, 6.45) is 0. The van der Waals surface area contributed by atoms with E-state index in [0.717, 1.165) is 0 Å². The van der Waals surface area contributed by atoms with E-state index in [4.69, 9.17) is 17.0 Å². The standard InChI is InChI=1S/C11H15FN2OS/c1-15-7-6-13-11(16)14-8-9-4-2-3-5-10(9)12/h2-5H,6-8H2,1H3,(H2,13,14,16). The number of thiocarbonyl (C=S) groups is 1. The van der Waals surface area contributed by atoms with Gasteiger partial charge in [0.1, 0.15) is 5.82 Å². The van der Waals surface area contributed by atoms with E-state index < -0.39 is 0 Å². The lowest BCUT2D eigenvalue weighted by atomic mass is 10.2. The van der Waals surface area contributed by atoms with Gasteiger partial charge in [-0.3, -0.25) is 0 Å². The highest BCUT2D eigenvalue weighted by molar-refractivity contribution is 7.80. The molecule has 1 aromatic carbocycles. The van der Waals surface area contributed by atoms with Crippen molar-refractivity contribution < 1.29 is 9.13 Å². The van der Waals surface area contributed by atoms with E-state index in [0.29, 0.717) is 30.4 Å². The van der Waals surface area contributed by atoms with Crippen molar-refractivity contribution in [1.29, 1.82) is 0 Å². The number of methoxy groups -OCH3 is 1. The summed E-state index contributed by atoms with van der Waals surface area (Å²) >= 11 is 5.01. The first-order valence-corrected chi connectivity index (χ1v) is 5.39. The molecule has 0 atom stereocenters. The van der Waals surface area contributed by atoms with Crippen LogP contribution >= 0.6 is 12.2 Å². The Kier molecular flexibility index (Phi) is 5.74. The monoisotopic (exact) mass is 242 g/mol. The molecule has 0 unspecified atom stereocenters. The molecule has 0 aliphatic rings. The highest BCUT2D eigenvalue weighted by atomic mass is 32.1. The van der Waals surface area contributed by atoms with Crippen LogP contribution in [0.1, 0.15) is 5.56 Å². The molecule has 1 aromatic rings. The van der Waals surface area contributed by atoms with Crippen molar-refractivity contribution in [3.05, 3.63) is 35.6 Å². The molecule has 0 bridgehead atoms. The Morgan fingerprint density at radius 3 is 2.81 bits per heavy atom. The van der Waals surface area contributed by atoms with E-state index in [1.54, 1.807) is 25.3 Å². The van der Waals surface area contributed by atoms with Crippen molar-refractivity contribution in [3.8, 4) is 0 Å². The highest BCUT2D eigenvalue weighted by Crippen LogP contribution is 2.05. The molecule has 0 fully saturated rings. The van der Waals surface area contributed by atoms with Crippen LogP contribution in [0.2, 0.25) is 0 Å². The third-order valence-electron chi connectivity index (χ3n) is 1.99. The Labute approximate surface area is 100.0 Å². The summed E-state index contributed by atoms with van der Waals surface area (Å²) in [4.78, 5) is 0. The van der Waals surface area contributed by atoms with Crippen LogP contribution < -0.4 is 10.6 Å². The summed E-state index contributed by atoms with van der Waals surface area (Å²) in [7, 11) is 1.62. The maximum atomic E-state index is 13.2. The smallest absolute Gasteiger partial charge is 0.166 e. The summed E-state index contributed by atoms with van der Waals surface area (Å²) in [6, 6.07) is 6.61. The molecule has 0 saturated carbocycles. The Hall–Kier alpha value is -1.20. The first kappa shape index (κ1) is 12.9. The molecular formula is C11H15FN2OS. The summed E-state index contributed by atoms with van der Waals surface area (Å²) in [5, 5.41) is 6.37. The minimum Gasteiger partial charge on any atom is -0.383 e. The molecule has 0 saturated heterocycles. The summed E-state index contributed by atoms with van der Waals surface area (Å²) in [5.74, 6) is -0.227. The van der Waals surface area contributed by atoms with Gasteiger partial charge in [-0.2, -0.15) is 0 Å². The predicted molar refractivity (Wildman–Crippen MR) is 65.7 cm³/mol. The fraction of sp³-hybridized carbons (Fsp3) is 0.364. The van der Waals surface area contributed by atoms with Gasteiger partial charge < -0.3 is 15.4 Å². The molecule has 3 nitrogen and oxygen atoms in total. The van der Waals surface area contributed by atoms with Crippen molar-refractivity contribution in [3.63, 3.8) is 0 Å². The largest absolute Gasteiger partial charge is 0.383 e. The van der Waals surface area contributed by atoms with E-state index in [1.165, 1.54) is 6.07 Å². The topological polar surface area (TPSA) is 33.3 Å². The van der Waals surface area contributed by atoms with E-state index >= 15 is 0 Å². The number of rotatable bonds is 5. The van der Waals surface area contributed by atoms with Crippen molar-refractivity contribution in [1.82, 2.24) is 10.6 Å². The Morgan fingerprint density at radius 2 is 2.12 bits per heavy atom. The van der Waals surface area contributed by atoms with Crippen LogP contribution in [-0.4, -0.2) is 25.4 Å². The summed E-state index contributed by atoms with van der Waals surface area (Å²) < 4.78 is 18.1. The Bertz CT molecular complexity index is 347. The molecular weight excluding hydrogens is 227 g/mol. The molecule has 88 valence electrons. The van der Waals surface area contributed by atoms with E-state index in [-0.39, 0.29) is 5.82 Å². The number of ether oxygens (including phenoxy) is 1. The quantitative estimate of drug-likeness (QED) is 0.604. The molecule has 0 aliphatic carbocycles. The molecule has 0 amide bonds. The first-order valence-electron chi connectivity index (χ1n) is 4.98. The lowest BCUT2D eigenvalue weighted by Gasteiger charge is -2.10. The van der Waals surface area contributed by atoms with Crippen LogP contribution in [0.3, 0.4) is 0 Å². The molecule has 16 heavy (non-hydrogen) atoms. The third-order valence-corrected chi connectivity index (χ3v) is 2.28. The van der Waals surface area contributed by atoms with Gasteiger partial charge in [0.15, 0.2) is 5.11 Å². The van der Waals surface area contributed by atoms with Gasteiger partial charge in [-0.25, -0.2) is 4.39 Å². The molecule has 1 rings (SSSR count). The van der Waals surface area contributed by atoms with Gasteiger partial charge in [0.05, 0.1) is 6.61 Å². The molecule has 0 aliphatic heterocycles. The molecule has 0 radical (unpaired) electrons. The highest BCUT2D eigenvalue weighted by Gasteiger charge is 2.00. The predicted octanol–water partition coefficient (Wildman–Crippen LogP) is 1.44. The summed E-state index contributed by atoms with van der Waals surface area (Å²) in [5.41, 5.74) is 0.596. The fourth-order valence-electron chi connectivity index (χ4n) is 1.15. The van der Waals surface area contributed by atoms with E-state index in [9.17, 15) is 4.39 Å². The fourth-order valence-corrected chi connectivity index (χ4v) is 1.32. The number of hydrogen-bond donors (Lipinski definition) is 2. The normalized spacial score (nSPS) is 9.88. The van der Waals surface area contributed by atoms with Gasteiger partial charge in [0, 0.05) is 25.8 Å². The molecule has 2 N–H and O–H groups in total. The van der Waals surface area contributed by atoms with Crippen molar-refractivity contribution in [2.45, 2.75) is 6.54 Å². The van der Waals surface area contributed by atoms with Crippen molar-refractivity contribution in [2.75, 3.05) is 20.3 Å². The average molecular weight is 242 g/mol. The van der Waals surface area contributed by atoms with Crippen LogP contribution in [0, 0.1) is 5.82 Å². The van der Waals surface area contributed by atoms with Crippen molar-refractivity contribution >= 4 is 17.3 Å². The number of nitrogens with one attached hydrogen (secondary N) is 2. The lowest BCUT2D eigenvalue weighted by molar-refractivity contribution is 0.204. The maximum Gasteiger partial charge on any atom is 0.166 e. The third kappa shape index (κ3) is 4.55. The van der Waals surface area contributed by atoms with Gasteiger partial charge in [-0.15, -0.1) is 0 Å².